The number of sulfone groups is 1. The monoisotopic (exact) mass is 366 g/mol. The van der Waals surface area contributed by atoms with Gasteiger partial charge in [-0.3, -0.25) is 9.20 Å². The lowest BCUT2D eigenvalue weighted by Crippen LogP contribution is -2.46. The van der Waals surface area contributed by atoms with Gasteiger partial charge in [-0.05, 0) is 19.9 Å². The zero-order chi connectivity index (χ0) is 17.6. The van der Waals surface area contributed by atoms with E-state index in [0.717, 1.165) is 0 Å². The fourth-order valence-corrected chi connectivity index (χ4v) is 4.49. The second-order valence-corrected chi connectivity index (χ2v) is 8.75. The lowest BCUT2D eigenvalue weighted by molar-refractivity contribution is 0.101. The van der Waals surface area contributed by atoms with Gasteiger partial charge in [-0.2, -0.15) is 0 Å². The van der Waals surface area contributed by atoms with Crippen LogP contribution >= 0.6 is 11.6 Å². The number of carbonyl (C=O) groups is 1. The molecule has 2 aromatic rings. The molecular formula is C15H15ClN4O3S. The highest BCUT2D eigenvalue weighted by atomic mass is 35.5. The molecule has 1 unspecified atom stereocenters. The number of hydrogen-bond donors (Lipinski definition) is 0. The number of aromatic nitrogens is 2. The summed E-state index contributed by atoms with van der Waals surface area (Å²) >= 11 is 6.25. The lowest BCUT2D eigenvalue weighted by Gasteiger charge is -2.34. The molecule has 126 valence electrons. The van der Waals surface area contributed by atoms with Crippen LogP contribution in [0.2, 0.25) is 5.02 Å². The zero-order valence-corrected chi connectivity index (χ0v) is 14.7. The van der Waals surface area contributed by atoms with Crippen molar-refractivity contribution in [3.8, 4) is 0 Å². The number of pyridine rings is 1. The minimum Gasteiger partial charge on any atom is -0.359 e. The third-order valence-corrected chi connectivity index (χ3v) is 6.65. The van der Waals surface area contributed by atoms with Crippen LogP contribution in [0.1, 0.15) is 24.2 Å². The average Bonchev–Trinajstić information content (AvgIpc) is 2.94. The first kappa shape index (κ1) is 16.7. The number of rotatable bonds is 2. The molecule has 0 N–H and O–H groups in total. The van der Waals surface area contributed by atoms with Gasteiger partial charge in [-0.15, -0.1) is 4.98 Å². The Balaban J connectivity index is 2.25. The number of hydrogen-bond acceptors (Lipinski definition) is 5. The van der Waals surface area contributed by atoms with Crippen molar-refractivity contribution in [2.24, 2.45) is 0 Å². The first-order valence-corrected chi connectivity index (χ1v) is 9.40. The predicted octanol–water partition coefficient (Wildman–Crippen LogP) is 2.36. The van der Waals surface area contributed by atoms with Crippen LogP contribution in [0.5, 0.6) is 0 Å². The van der Waals surface area contributed by atoms with Crippen molar-refractivity contribution in [3.63, 3.8) is 0 Å². The van der Waals surface area contributed by atoms with Crippen molar-refractivity contribution in [1.82, 2.24) is 9.38 Å². The number of imidazole rings is 1. The van der Waals surface area contributed by atoms with E-state index in [4.69, 9.17) is 18.2 Å². The quantitative estimate of drug-likeness (QED) is 0.602. The second kappa shape index (κ2) is 5.76. The molecule has 0 amide bonds. The second-order valence-electron chi connectivity index (χ2n) is 5.81. The van der Waals surface area contributed by atoms with E-state index in [-0.39, 0.29) is 35.5 Å². The Labute approximate surface area is 144 Å². The Morgan fingerprint density at radius 3 is 2.79 bits per heavy atom. The fraction of sp³-hybridized carbons (Fsp3) is 0.400. The van der Waals surface area contributed by atoms with Crippen LogP contribution < -0.4 is 4.90 Å². The fourth-order valence-electron chi connectivity index (χ4n) is 2.92. The van der Waals surface area contributed by atoms with Crippen LogP contribution in [0.15, 0.2) is 12.4 Å². The summed E-state index contributed by atoms with van der Waals surface area (Å²) in [7, 11) is -3.12. The third-order valence-electron chi connectivity index (χ3n) is 4.24. The van der Waals surface area contributed by atoms with Gasteiger partial charge in [-0.1, -0.05) is 18.2 Å². The van der Waals surface area contributed by atoms with Gasteiger partial charge in [0.05, 0.1) is 27.1 Å². The van der Waals surface area contributed by atoms with Gasteiger partial charge in [-0.25, -0.2) is 8.42 Å². The molecule has 3 heterocycles. The summed E-state index contributed by atoms with van der Waals surface area (Å²) in [5.41, 5.74) is 0.806. The summed E-state index contributed by atoms with van der Waals surface area (Å²) in [5.74, 6) is 0.507. The Morgan fingerprint density at radius 1 is 1.50 bits per heavy atom. The van der Waals surface area contributed by atoms with E-state index < -0.39 is 15.1 Å². The van der Waals surface area contributed by atoms with Gasteiger partial charge in [0.2, 0.25) is 0 Å². The Morgan fingerprint density at radius 2 is 2.21 bits per heavy atom. The summed E-state index contributed by atoms with van der Waals surface area (Å²) in [4.78, 5) is 21.3. The maximum Gasteiger partial charge on any atom is 0.296 e. The molecule has 9 heteroatoms. The van der Waals surface area contributed by atoms with Gasteiger partial charge in [0.15, 0.2) is 21.9 Å². The van der Waals surface area contributed by atoms with Crippen molar-refractivity contribution < 1.29 is 13.2 Å². The zero-order valence-electron chi connectivity index (χ0n) is 13.2. The summed E-state index contributed by atoms with van der Waals surface area (Å²) in [5, 5.41) is -0.272. The molecule has 1 fully saturated rings. The predicted molar refractivity (Wildman–Crippen MR) is 91.9 cm³/mol. The molecule has 0 aliphatic carbocycles. The molecule has 0 bridgehead atoms. The summed E-state index contributed by atoms with van der Waals surface area (Å²) in [6.45, 7) is 10.8. The van der Waals surface area contributed by atoms with Crippen LogP contribution in [0, 0.1) is 6.57 Å². The Bertz CT molecular complexity index is 990. The smallest absolute Gasteiger partial charge is 0.296 e. The number of nitrogens with zero attached hydrogens (tertiary/aromatic N) is 4. The van der Waals surface area contributed by atoms with Gasteiger partial charge in [0.1, 0.15) is 5.82 Å². The highest BCUT2D eigenvalue weighted by Crippen LogP contribution is 2.35. The molecule has 24 heavy (non-hydrogen) atoms. The van der Waals surface area contributed by atoms with Crippen LogP contribution in [-0.4, -0.2) is 47.7 Å². The molecular weight excluding hydrogens is 352 g/mol. The summed E-state index contributed by atoms with van der Waals surface area (Å²) in [6.07, 6.45) is 1.45. The third kappa shape index (κ3) is 2.54. The Hall–Kier alpha value is -2.11. The van der Waals surface area contributed by atoms with Gasteiger partial charge < -0.3 is 9.74 Å². The molecule has 0 radical (unpaired) electrons. The largest absolute Gasteiger partial charge is 0.359 e. The lowest BCUT2D eigenvalue weighted by atomic mass is 10.1. The number of fused-ring (bicyclic) bond motifs is 1. The first-order valence-electron chi connectivity index (χ1n) is 7.30. The van der Waals surface area contributed by atoms with Crippen LogP contribution in [0.3, 0.4) is 0 Å². The molecule has 0 aromatic carbocycles. The van der Waals surface area contributed by atoms with Crippen molar-refractivity contribution in [3.05, 3.63) is 34.4 Å². The molecule has 2 aromatic heterocycles. The minimum atomic E-state index is -3.12. The first-order chi connectivity index (χ1) is 11.3. The van der Waals surface area contributed by atoms with Crippen molar-refractivity contribution in [2.75, 3.05) is 23.7 Å². The normalized spacial score (nSPS) is 20.1. The van der Waals surface area contributed by atoms with Crippen LogP contribution in [0.25, 0.3) is 10.4 Å². The molecule has 0 saturated carbocycles. The average molecular weight is 367 g/mol. The van der Waals surface area contributed by atoms with Crippen molar-refractivity contribution in [2.45, 2.75) is 19.1 Å². The van der Waals surface area contributed by atoms with Crippen LogP contribution in [-0.2, 0) is 9.84 Å². The molecule has 1 atom stereocenters. The molecule has 1 aliphatic heterocycles. The van der Waals surface area contributed by atoms with E-state index in [1.807, 2.05) is 4.90 Å². The maximum absolute atomic E-state index is 12.1. The topological polar surface area (TPSA) is 76.1 Å². The summed E-state index contributed by atoms with van der Waals surface area (Å²) in [6, 6.07) is 1.53. The number of carbonyl (C=O) groups excluding carboxylic acids is 1. The number of ketones is 1. The van der Waals surface area contributed by atoms with Gasteiger partial charge >= 0.3 is 0 Å². The van der Waals surface area contributed by atoms with E-state index in [2.05, 4.69) is 9.83 Å². The molecule has 1 aliphatic rings. The number of halogens is 1. The van der Waals surface area contributed by atoms with Crippen molar-refractivity contribution >= 4 is 44.4 Å². The van der Waals surface area contributed by atoms with Gasteiger partial charge in [0.25, 0.3) is 5.82 Å². The highest BCUT2D eigenvalue weighted by molar-refractivity contribution is 7.92. The molecule has 3 rings (SSSR count). The van der Waals surface area contributed by atoms with Crippen LogP contribution in [0.4, 0.5) is 11.6 Å². The number of anilines is 1. The maximum atomic E-state index is 12.1. The van der Waals surface area contributed by atoms with E-state index in [9.17, 15) is 13.2 Å². The summed E-state index contributed by atoms with van der Waals surface area (Å²) < 4.78 is 25.6. The highest BCUT2D eigenvalue weighted by Gasteiger charge is 2.32. The SMILES string of the molecule is [C-]#[N+]c1ncn2c(N3CCS(=O)(=O)C(C)C3)c(C(C)=O)cc(Cl)c12. The van der Waals surface area contributed by atoms with E-state index in [0.29, 0.717) is 16.9 Å². The van der Waals surface area contributed by atoms with E-state index >= 15 is 0 Å². The van der Waals surface area contributed by atoms with Gasteiger partial charge in [0, 0.05) is 13.1 Å². The van der Waals surface area contributed by atoms with E-state index in [1.165, 1.54) is 19.3 Å². The standard InChI is InChI=1S/C15H15ClN4O3S/c1-9-7-19(4-5-24(9,22)23)15-11(10(2)21)6-12(16)13-14(17-3)18-8-20(13)15/h6,8-9H,4-5,7H2,1-2H3. The molecule has 7 nitrogen and oxygen atoms in total. The Kier molecular flexibility index (Phi) is 4.01. The number of Topliss-reactive ketones (excluding diaryl/α,β-unsaturated/α-hetero) is 1. The van der Waals surface area contributed by atoms with Crippen molar-refractivity contribution in [1.29, 1.82) is 0 Å². The van der Waals surface area contributed by atoms with E-state index in [1.54, 1.807) is 11.3 Å². The molecule has 0 spiro atoms. The minimum absolute atomic E-state index is 0.0139. The molecule has 1 saturated heterocycles.